The molecule has 4 aromatic rings. The number of H-pyrrole nitrogens is 1. The van der Waals surface area contributed by atoms with Crippen LogP contribution in [0.3, 0.4) is 0 Å². The lowest BCUT2D eigenvalue weighted by atomic mass is 9.99. The van der Waals surface area contributed by atoms with Crippen molar-refractivity contribution in [3.63, 3.8) is 0 Å². The number of hydrogen-bond acceptors (Lipinski definition) is 7. The summed E-state index contributed by atoms with van der Waals surface area (Å²) in [7, 11) is 0. The van der Waals surface area contributed by atoms with Crippen molar-refractivity contribution in [3.8, 4) is 5.75 Å². The van der Waals surface area contributed by atoms with E-state index in [4.69, 9.17) is 9.47 Å². The van der Waals surface area contributed by atoms with Gasteiger partial charge in [0, 0.05) is 30.9 Å². The average Bonchev–Trinajstić information content (AvgIpc) is 3.30. The van der Waals surface area contributed by atoms with E-state index in [2.05, 4.69) is 20.2 Å². The maximum absolute atomic E-state index is 13.7. The number of carbonyl (C=O) groups is 1. The van der Waals surface area contributed by atoms with Crippen molar-refractivity contribution in [1.82, 2.24) is 24.6 Å². The largest absolute Gasteiger partial charge is 0.488 e. The Hall–Kier alpha value is -3.79. The van der Waals surface area contributed by atoms with Gasteiger partial charge >= 0.3 is 0 Å². The SMILES string of the molecule is Cc1cc2[nH]c(=O)c3nnc(C4CCOCC4)n3c2cc1C(=O)N1CCOc2cccnc21. The number of aromatic amines is 1. The molecule has 1 fully saturated rings. The van der Waals surface area contributed by atoms with Gasteiger partial charge in [-0.3, -0.25) is 18.9 Å². The molecule has 168 valence electrons. The lowest BCUT2D eigenvalue weighted by Gasteiger charge is -2.28. The number of pyridine rings is 1. The average molecular weight is 446 g/mol. The van der Waals surface area contributed by atoms with Gasteiger partial charge in [-0.2, -0.15) is 0 Å². The third kappa shape index (κ3) is 3.17. The van der Waals surface area contributed by atoms with Crippen molar-refractivity contribution in [2.75, 3.05) is 31.3 Å². The second-order valence-corrected chi connectivity index (χ2v) is 8.37. The second kappa shape index (κ2) is 7.66. The zero-order valence-electron chi connectivity index (χ0n) is 18.1. The van der Waals surface area contributed by atoms with Gasteiger partial charge in [-0.05, 0) is 49.6 Å². The van der Waals surface area contributed by atoms with Crippen molar-refractivity contribution in [3.05, 3.63) is 57.8 Å². The zero-order chi connectivity index (χ0) is 22.5. The molecule has 0 saturated carbocycles. The molecule has 1 N–H and O–H groups in total. The van der Waals surface area contributed by atoms with E-state index in [1.807, 2.05) is 19.1 Å². The number of aryl methyl sites for hydroxylation is 1. The number of anilines is 1. The molecule has 0 unspecified atom stereocenters. The molecule has 10 heteroatoms. The Morgan fingerprint density at radius 2 is 2.03 bits per heavy atom. The number of hydrogen-bond donors (Lipinski definition) is 1. The Labute approximate surface area is 188 Å². The highest BCUT2D eigenvalue weighted by atomic mass is 16.5. The molecule has 0 bridgehead atoms. The zero-order valence-corrected chi connectivity index (χ0v) is 18.1. The molecule has 0 aliphatic carbocycles. The smallest absolute Gasteiger partial charge is 0.294 e. The molecule has 1 aromatic carbocycles. The predicted molar refractivity (Wildman–Crippen MR) is 120 cm³/mol. The first-order valence-electron chi connectivity index (χ1n) is 11.0. The summed E-state index contributed by atoms with van der Waals surface area (Å²) >= 11 is 0. The van der Waals surface area contributed by atoms with Crippen LogP contribution in [-0.4, -0.2) is 56.8 Å². The van der Waals surface area contributed by atoms with E-state index in [0.29, 0.717) is 54.5 Å². The molecule has 5 heterocycles. The van der Waals surface area contributed by atoms with E-state index in [1.165, 1.54) is 0 Å². The first kappa shape index (κ1) is 19.9. The number of aromatic nitrogens is 5. The van der Waals surface area contributed by atoms with Crippen molar-refractivity contribution in [2.45, 2.75) is 25.7 Å². The van der Waals surface area contributed by atoms with Crippen LogP contribution in [-0.2, 0) is 4.74 Å². The fourth-order valence-electron chi connectivity index (χ4n) is 4.68. The summed E-state index contributed by atoms with van der Waals surface area (Å²) in [6.45, 7) is 3.95. The summed E-state index contributed by atoms with van der Waals surface area (Å²) < 4.78 is 12.9. The first-order valence-corrected chi connectivity index (χ1v) is 11.0. The lowest BCUT2D eigenvalue weighted by Crippen LogP contribution is -2.39. The highest BCUT2D eigenvalue weighted by Crippen LogP contribution is 2.32. The number of nitrogens with zero attached hydrogens (tertiary/aromatic N) is 5. The molecule has 2 aliphatic heterocycles. The van der Waals surface area contributed by atoms with Crippen LogP contribution in [0.4, 0.5) is 5.82 Å². The normalized spacial score (nSPS) is 16.7. The summed E-state index contributed by atoms with van der Waals surface area (Å²) in [5.41, 5.74) is 2.53. The molecule has 3 aromatic heterocycles. The number of ether oxygens (including phenoxy) is 2. The Morgan fingerprint density at radius 1 is 1.18 bits per heavy atom. The molecule has 2 aliphatic rings. The van der Waals surface area contributed by atoms with Gasteiger partial charge in [0.05, 0.1) is 17.6 Å². The molecule has 1 saturated heterocycles. The molecular weight excluding hydrogens is 424 g/mol. The lowest BCUT2D eigenvalue weighted by molar-refractivity contribution is 0.0834. The van der Waals surface area contributed by atoms with Crippen molar-refractivity contribution >= 4 is 28.4 Å². The molecule has 0 radical (unpaired) electrons. The standard InChI is InChI=1S/C23H22N6O4/c1-13-11-16-17(12-15(13)23(31)28-7-10-33-18-3-2-6-24-20(18)28)29-19(14-4-8-32-9-5-14)26-27-21(29)22(30)25-16/h2-3,6,11-12,14H,4-5,7-10H2,1H3,(H,25,30). The van der Waals surface area contributed by atoms with Crippen LogP contribution < -0.4 is 15.2 Å². The third-order valence-corrected chi connectivity index (χ3v) is 6.36. The summed E-state index contributed by atoms with van der Waals surface area (Å²) in [6.07, 6.45) is 3.26. The number of amides is 1. The van der Waals surface area contributed by atoms with Crippen LogP contribution in [0.5, 0.6) is 5.75 Å². The summed E-state index contributed by atoms with van der Waals surface area (Å²) in [6, 6.07) is 7.24. The minimum absolute atomic E-state index is 0.134. The number of fused-ring (bicyclic) bond motifs is 4. The van der Waals surface area contributed by atoms with Gasteiger partial charge in [0.15, 0.2) is 11.6 Å². The molecule has 10 nitrogen and oxygen atoms in total. The molecular formula is C23H22N6O4. The summed E-state index contributed by atoms with van der Waals surface area (Å²) in [5.74, 6) is 1.78. The van der Waals surface area contributed by atoms with Gasteiger partial charge < -0.3 is 14.5 Å². The van der Waals surface area contributed by atoms with Gasteiger partial charge in [-0.15, -0.1) is 10.2 Å². The van der Waals surface area contributed by atoms with E-state index in [0.717, 1.165) is 24.2 Å². The van der Waals surface area contributed by atoms with E-state index >= 15 is 0 Å². The maximum atomic E-state index is 13.7. The topological polar surface area (TPSA) is 115 Å². The van der Waals surface area contributed by atoms with Crippen LogP contribution in [0, 0.1) is 6.92 Å². The highest BCUT2D eigenvalue weighted by Gasteiger charge is 2.28. The quantitative estimate of drug-likeness (QED) is 0.502. The summed E-state index contributed by atoms with van der Waals surface area (Å²) in [5, 5.41) is 8.53. The van der Waals surface area contributed by atoms with Gasteiger partial charge in [-0.25, -0.2) is 4.98 Å². The van der Waals surface area contributed by atoms with Crippen LogP contribution in [0.25, 0.3) is 16.7 Å². The third-order valence-electron chi connectivity index (χ3n) is 6.36. The minimum atomic E-state index is -0.307. The number of rotatable bonds is 2. The molecule has 6 rings (SSSR count). The Morgan fingerprint density at radius 3 is 2.88 bits per heavy atom. The fourth-order valence-corrected chi connectivity index (χ4v) is 4.68. The van der Waals surface area contributed by atoms with E-state index < -0.39 is 0 Å². The number of benzene rings is 1. The van der Waals surface area contributed by atoms with E-state index in [9.17, 15) is 9.59 Å². The first-order chi connectivity index (χ1) is 16.1. The molecule has 0 spiro atoms. The predicted octanol–water partition coefficient (Wildman–Crippen LogP) is 2.21. The molecule has 0 atom stereocenters. The minimum Gasteiger partial charge on any atom is -0.488 e. The Kier molecular flexibility index (Phi) is 4.61. The van der Waals surface area contributed by atoms with Gasteiger partial charge in [0.1, 0.15) is 12.4 Å². The van der Waals surface area contributed by atoms with Gasteiger partial charge in [-0.1, -0.05) is 0 Å². The maximum Gasteiger partial charge on any atom is 0.294 e. The fraction of sp³-hybridized carbons (Fsp3) is 0.348. The monoisotopic (exact) mass is 446 g/mol. The van der Waals surface area contributed by atoms with Crippen molar-refractivity contribution in [2.24, 2.45) is 0 Å². The van der Waals surface area contributed by atoms with Gasteiger partial charge in [0.2, 0.25) is 5.65 Å². The molecule has 33 heavy (non-hydrogen) atoms. The highest BCUT2D eigenvalue weighted by molar-refractivity contribution is 6.09. The van der Waals surface area contributed by atoms with Crippen molar-refractivity contribution < 1.29 is 14.3 Å². The van der Waals surface area contributed by atoms with Crippen LogP contribution in [0.15, 0.2) is 35.3 Å². The molecule has 1 amide bonds. The number of carbonyl (C=O) groups excluding carboxylic acids is 1. The van der Waals surface area contributed by atoms with E-state index in [1.54, 1.807) is 27.6 Å². The number of nitrogens with one attached hydrogen (secondary N) is 1. The van der Waals surface area contributed by atoms with Gasteiger partial charge in [0.25, 0.3) is 11.5 Å². The van der Waals surface area contributed by atoms with E-state index in [-0.39, 0.29) is 23.0 Å². The van der Waals surface area contributed by atoms with Crippen LogP contribution in [0.2, 0.25) is 0 Å². The second-order valence-electron chi connectivity index (χ2n) is 8.37. The van der Waals surface area contributed by atoms with Crippen LogP contribution >= 0.6 is 0 Å². The Balaban J connectivity index is 1.53. The Bertz CT molecular complexity index is 1450. The van der Waals surface area contributed by atoms with Crippen LogP contribution in [0.1, 0.15) is 40.5 Å². The van der Waals surface area contributed by atoms with Crippen molar-refractivity contribution in [1.29, 1.82) is 0 Å². The summed E-state index contributed by atoms with van der Waals surface area (Å²) in [4.78, 5) is 35.3.